The van der Waals surface area contributed by atoms with Crippen molar-refractivity contribution in [1.82, 2.24) is 42.5 Å². The fraction of sp³-hybridized carbons (Fsp3) is 0.625. The van der Waals surface area contributed by atoms with E-state index < -0.39 is 20.2 Å². The predicted octanol–water partition coefficient (Wildman–Crippen LogP) is 1.58. The maximum absolute atomic E-state index is 12.2. The summed E-state index contributed by atoms with van der Waals surface area (Å²) in [5, 5.41) is 30.4. The molecule has 2 aliphatic carbocycles. The van der Waals surface area contributed by atoms with Gasteiger partial charge in [0, 0.05) is 0 Å². The van der Waals surface area contributed by atoms with E-state index in [1.165, 1.54) is 12.1 Å². The summed E-state index contributed by atoms with van der Waals surface area (Å²) in [7, 11) is -8.77. The number of nitrogens with one attached hydrogen (secondary N) is 8. The van der Waals surface area contributed by atoms with Crippen molar-refractivity contribution < 1.29 is 25.9 Å². The third-order valence-corrected chi connectivity index (χ3v) is 13.9. The van der Waals surface area contributed by atoms with Crippen LogP contribution in [0.25, 0.3) is 0 Å². The van der Waals surface area contributed by atoms with E-state index in [9.17, 15) is 25.9 Å². The molecule has 12 unspecified atom stereocenters. The van der Waals surface area contributed by atoms with Gasteiger partial charge < -0.3 is 0 Å². The monoisotopic (exact) mass is 700 g/mol. The third kappa shape index (κ3) is 5.45. The Hall–Kier alpha value is -2.06. The second-order valence-electron chi connectivity index (χ2n) is 14.7. The van der Waals surface area contributed by atoms with Gasteiger partial charge in [0.1, 0.15) is 0 Å². The number of rotatable bonds is 2. The van der Waals surface area contributed by atoms with Crippen LogP contribution in [0.5, 0.6) is 0 Å². The van der Waals surface area contributed by atoms with E-state index in [2.05, 4.69) is 42.5 Å². The highest BCUT2D eigenvalue weighted by atomic mass is 32.2. The van der Waals surface area contributed by atoms with Gasteiger partial charge in [0.15, 0.2) is 0 Å². The zero-order chi connectivity index (χ0) is 32.9. The molecule has 12 atom stereocenters. The van der Waals surface area contributed by atoms with Crippen LogP contribution in [0, 0.1) is 23.7 Å². The lowest BCUT2D eigenvalue weighted by molar-refractivity contribution is 0.186. The fourth-order valence-corrected chi connectivity index (χ4v) is 11.0. The lowest BCUT2D eigenvalue weighted by atomic mass is 9.79. The molecule has 5 aliphatic heterocycles. The molecule has 2 aromatic carbocycles. The van der Waals surface area contributed by atoms with Crippen molar-refractivity contribution >= 4 is 20.2 Å². The van der Waals surface area contributed by atoms with Crippen molar-refractivity contribution in [3.8, 4) is 0 Å². The highest BCUT2D eigenvalue weighted by Gasteiger charge is 2.50. The van der Waals surface area contributed by atoms with E-state index >= 15 is 0 Å². The minimum absolute atomic E-state index is 0.0540. The molecule has 2 aromatic rings. The molecule has 16 heteroatoms. The molecule has 0 aromatic heterocycles. The first kappa shape index (κ1) is 31.9. The molecule has 14 nitrogen and oxygen atoms in total. The molecule has 0 spiro atoms. The topological polar surface area (TPSA) is 205 Å². The van der Waals surface area contributed by atoms with Crippen LogP contribution >= 0.6 is 0 Å². The van der Waals surface area contributed by atoms with Crippen LogP contribution in [0.3, 0.4) is 0 Å². The molecule has 260 valence electrons. The Morgan fingerprint density at radius 3 is 1.06 bits per heavy atom. The lowest BCUT2D eigenvalue weighted by Crippen LogP contribution is -2.55. The zero-order valence-corrected chi connectivity index (χ0v) is 28.0. The van der Waals surface area contributed by atoms with E-state index in [-0.39, 0.29) is 59.1 Å². The molecule has 0 radical (unpaired) electrons. The summed E-state index contributed by atoms with van der Waals surface area (Å²) in [4.78, 5) is -0.242. The van der Waals surface area contributed by atoms with Crippen LogP contribution in [0.2, 0.25) is 0 Å². The van der Waals surface area contributed by atoms with Gasteiger partial charge >= 0.3 is 0 Å². The summed E-state index contributed by atoms with van der Waals surface area (Å²) in [5.74, 6) is 1.32. The van der Waals surface area contributed by atoms with Crippen molar-refractivity contribution in [3.05, 3.63) is 58.7 Å². The minimum Gasteiger partial charge on any atom is -0.286 e. The van der Waals surface area contributed by atoms with Gasteiger partial charge in [0.2, 0.25) is 0 Å². The summed E-state index contributed by atoms with van der Waals surface area (Å²) in [6, 6.07) is 9.71. The first-order valence-electron chi connectivity index (χ1n) is 17.3. The Bertz CT molecular complexity index is 1700. The van der Waals surface area contributed by atoms with Crippen LogP contribution in [0.1, 0.15) is 98.3 Å². The van der Waals surface area contributed by atoms with Crippen molar-refractivity contribution in [3.63, 3.8) is 0 Å². The van der Waals surface area contributed by atoms with Gasteiger partial charge in [-0.3, -0.25) is 51.6 Å². The number of benzene rings is 2. The normalized spacial score (nSPS) is 40.5. The van der Waals surface area contributed by atoms with E-state index in [1.54, 1.807) is 24.3 Å². The molecule has 3 saturated heterocycles. The standard InChI is InChI=1S/C32H44N8O6S2/c41-47(42,43)15-9-11-21-23(13-15)32-38-28-20-8-4-2-6-18(20)26(34-28)36-30-22-12-10-16(48(44,45)46)14-24(22)31(40-30)37-27-19-7-3-1-5-17(19)25(33-27)35-29(21)39-32/h9-14,17-20,25-40H,1-8H2,(H,41,42,43)(H,44,45,46). The van der Waals surface area contributed by atoms with Crippen molar-refractivity contribution in [2.24, 2.45) is 23.7 Å². The molecule has 2 saturated carbocycles. The van der Waals surface area contributed by atoms with E-state index in [1.807, 2.05) is 0 Å². The van der Waals surface area contributed by atoms with Gasteiger partial charge in [-0.25, -0.2) is 0 Å². The first-order valence-corrected chi connectivity index (χ1v) is 20.2. The molecule has 5 fully saturated rings. The van der Waals surface area contributed by atoms with Gasteiger partial charge in [-0.2, -0.15) is 16.8 Å². The molecule has 48 heavy (non-hydrogen) atoms. The second-order valence-corrected chi connectivity index (χ2v) is 17.6. The molecular formula is C32H44N8O6S2. The Labute approximate surface area is 280 Å². The molecule has 10 N–H and O–H groups in total. The molecule has 9 rings (SSSR count). The highest BCUT2D eigenvalue weighted by Crippen LogP contribution is 2.44. The van der Waals surface area contributed by atoms with Gasteiger partial charge in [-0.15, -0.1) is 0 Å². The van der Waals surface area contributed by atoms with E-state index in [0.717, 1.165) is 73.6 Å². The Morgan fingerprint density at radius 2 is 0.750 bits per heavy atom. The maximum Gasteiger partial charge on any atom is 0.294 e. The van der Waals surface area contributed by atoms with Gasteiger partial charge in [-0.05, 0) is 95.9 Å². The summed E-state index contributed by atoms with van der Waals surface area (Å²) < 4.78 is 68.7. The summed E-state index contributed by atoms with van der Waals surface area (Å²) in [6.07, 6.45) is 7.20. The largest absolute Gasteiger partial charge is 0.294 e. The van der Waals surface area contributed by atoms with E-state index in [4.69, 9.17) is 0 Å². The highest BCUT2D eigenvalue weighted by molar-refractivity contribution is 7.86. The minimum atomic E-state index is -4.39. The maximum atomic E-state index is 12.2. The van der Waals surface area contributed by atoms with Crippen LogP contribution < -0.4 is 42.5 Å². The van der Waals surface area contributed by atoms with Gasteiger partial charge in [0.25, 0.3) is 20.2 Å². The summed E-state index contributed by atoms with van der Waals surface area (Å²) in [5.41, 5.74) is 3.48. The van der Waals surface area contributed by atoms with Crippen molar-refractivity contribution in [1.29, 1.82) is 0 Å². The van der Waals surface area contributed by atoms with Crippen LogP contribution in [-0.2, 0) is 20.2 Å². The Balaban J connectivity index is 1.12. The number of fused-ring (bicyclic) bond motifs is 20. The van der Waals surface area contributed by atoms with Gasteiger partial charge in [-0.1, -0.05) is 37.8 Å². The molecule has 0 amide bonds. The quantitative estimate of drug-likeness (QED) is 0.202. The van der Waals surface area contributed by atoms with Crippen molar-refractivity contribution in [2.45, 2.75) is 110 Å². The van der Waals surface area contributed by atoms with Crippen molar-refractivity contribution in [2.75, 3.05) is 0 Å². The molecular weight excluding hydrogens is 657 g/mol. The SMILES string of the molecule is O=S(=O)(O)c1ccc2c(c1)C1NC2NC2NC(NC3NC(NC4NC(N1)C1CCCCC41)c1ccc(S(=O)(=O)O)cc13)C1CCCCC21. The lowest BCUT2D eigenvalue weighted by Gasteiger charge is -2.33. The number of hydrogen-bond acceptors (Lipinski definition) is 12. The van der Waals surface area contributed by atoms with Crippen LogP contribution in [-0.4, -0.2) is 50.6 Å². The molecule has 8 bridgehead atoms. The van der Waals surface area contributed by atoms with E-state index in [0.29, 0.717) is 23.7 Å². The Kier molecular flexibility index (Phi) is 7.80. The average molecular weight is 701 g/mol. The molecule has 5 heterocycles. The summed E-state index contributed by atoms with van der Waals surface area (Å²) >= 11 is 0. The molecule has 7 aliphatic rings. The summed E-state index contributed by atoms with van der Waals surface area (Å²) in [6.45, 7) is 0. The van der Waals surface area contributed by atoms with Crippen LogP contribution in [0.4, 0.5) is 0 Å². The van der Waals surface area contributed by atoms with Crippen LogP contribution in [0.15, 0.2) is 46.2 Å². The zero-order valence-electron chi connectivity index (χ0n) is 26.4. The second kappa shape index (κ2) is 11.7. The predicted molar refractivity (Wildman–Crippen MR) is 175 cm³/mol. The average Bonchev–Trinajstić information content (AvgIpc) is 3.79. The number of hydrogen-bond donors (Lipinski definition) is 10. The fourth-order valence-electron chi connectivity index (χ4n) is 10.0. The first-order chi connectivity index (χ1) is 23.0. The van der Waals surface area contributed by atoms with Gasteiger partial charge in [0.05, 0.1) is 59.1 Å². The Morgan fingerprint density at radius 1 is 0.438 bits per heavy atom. The third-order valence-electron chi connectivity index (χ3n) is 12.2. The smallest absolute Gasteiger partial charge is 0.286 e.